The highest BCUT2D eigenvalue weighted by Crippen LogP contribution is 2.24. The SMILES string of the molecule is OC[C@H]1O[C@@H]([n+]2cccnc2)[C@H](O)[C@@H]1O. The van der Waals surface area contributed by atoms with Gasteiger partial charge < -0.3 is 20.1 Å². The molecular formula is C9H13N2O4+. The summed E-state index contributed by atoms with van der Waals surface area (Å²) in [5.74, 6) is 0. The Hall–Kier alpha value is -1.08. The van der Waals surface area contributed by atoms with E-state index in [-0.39, 0.29) is 6.61 Å². The Balaban J connectivity index is 2.19. The smallest absolute Gasteiger partial charge is 0.288 e. The van der Waals surface area contributed by atoms with Crippen LogP contribution in [0.25, 0.3) is 0 Å². The monoisotopic (exact) mass is 213 g/mol. The summed E-state index contributed by atoms with van der Waals surface area (Å²) < 4.78 is 6.84. The molecule has 1 aromatic heterocycles. The van der Waals surface area contributed by atoms with Crippen molar-refractivity contribution in [2.45, 2.75) is 24.5 Å². The van der Waals surface area contributed by atoms with Crippen molar-refractivity contribution in [3.63, 3.8) is 0 Å². The molecule has 4 atom stereocenters. The predicted octanol–water partition coefficient (Wildman–Crippen LogP) is -2.02. The number of hydrogen-bond donors (Lipinski definition) is 3. The first-order valence-corrected chi connectivity index (χ1v) is 4.67. The zero-order chi connectivity index (χ0) is 10.8. The molecule has 1 saturated heterocycles. The second kappa shape index (κ2) is 4.19. The molecule has 15 heavy (non-hydrogen) atoms. The zero-order valence-electron chi connectivity index (χ0n) is 7.97. The van der Waals surface area contributed by atoms with Gasteiger partial charge in [-0.15, -0.1) is 0 Å². The van der Waals surface area contributed by atoms with E-state index in [4.69, 9.17) is 9.84 Å². The molecule has 82 valence electrons. The van der Waals surface area contributed by atoms with Gasteiger partial charge in [0.05, 0.1) is 12.8 Å². The van der Waals surface area contributed by atoms with E-state index >= 15 is 0 Å². The van der Waals surface area contributed by atoms with Crippen LogP contribution in [0.15, 0.2) is 24.8 Å². The number of aliphatic hydroxyl groups is 3. The molecule has 6 nitrogen and oxygen atoms in total. The zero-order valence-corrected chi connectivity index (χ0v) is 7.97. The quantitative estimate of drug-likeness (QED) is 0.494. The normalized spacial score (nSPS) is 35.7. The molecule has 0 bridgehead atoms. The first-order chi connectivity index (χ1) is 7.24. The van der Waals surface area contributed by atoms with Crippen LogP contribution in [0.2, 0.25) is 0 Å². The average molecular weight is 213 g/mol. The second-order valence-electron chi connectivity index (χ2n) is 3.43. The molecule has 3 N–H and O–H groups in total. The maximum absolute atomic E-state index is 9.68. The molecule has 1 aliphatic rings. The van der Waals surface area contributed by atoms with Crippen molar-refractivity contribution in [2.24, 2.45) is 0 Å². The second-order valence-corrected chi connectivity index (χ2v) is 3.43. The molecule has 0 saturated carbocycles. The number of aromatic nitrogens is 2. The summed E-state index contributed by atoms with van der Waals surface area (Å²) in [6.45, 7) is -0.324. The van der Waals surface area contributed by atoms with Gasteiger partial charge in [-0.2, -0.15) is 0 Å². The van der Waals surface area contributed by atoms with Gasteiger partial charge in [-0.05, 0) is 0 Å². The topological polar surface area (TPSA) is 86.7 Å². The van der Waals surface area contributed by atoms with E-state index in [2.05, 4.69) is 4.98 Å². The van der Waals surface area contributed by atoms with Crippen LogP contribution in [-0.4, -0.2) is 45.2 Å². The standard InChI is InChI=1S/C9H13N2O4/c12-4-6-7(13)8(14)9(15-6)11-3-1-2-10-5-11/h1-3,5-9,12-14H,4H2/q+1/t6-,7-,8-,9-/m1/s1. The Labute approximate surface area is 86.4 Å². The van der Waals surface area contributed by atoms with Gasteiger partial charge in [-0.25, -0.2) is 4.57 Å². The molecule has 6 heteroatoms. The van der Waals surface area contributed by atoms with Crippen LogP contribution < -0.4 is 4.57 Å². The number of nitrogens with zero attached hydrogens (tertiary/aromatic N) is 2. The summed E-state index contributed by atoms with van der Waals surface area (Å²) in [5.41, 5.74) is 0. The van der Waals surface area contributed by atoms with Crippen molar-refractivity contribution < 1.29 is 24.6 Å². The fourth-order valence-corrected chi connectivity index (χ4v) is 1.62. The molecule has 0 unspecified atom stereocenters. The lowest BCUT2D eigenvalue weighted by molar-refractivity contribution is -0.768. The highest BCUT2D eigenvalue weighted by Gasteiger charge is 2.45. The van der Waals surface area contributed by atoms with Crippen LogP contribution >= 0.6 is 0 Å². The van der Waals surface area contributed by atoms with Gasteiger partial charge in [0.2, 0.25) is 6.23 Å². The first-order valence-electron chi connectivity index (χ1n) is 4.67. The van der Waals surface area contributed by atoms with E-state index < -0.39 is 24.5 Å². The summed E-state index contributed by atoms with van der Waals surface area (Å²) in [7, 11) is 0. The minimum Gasteiger partial charge on any atom is -0.394 e. The van der Waals surface area contributed by atoms with E-state index in [1.54, 1.807) is 23.0 Å². The van der Waals surface area contributed by atoms with E-state index in [0.717, 1.165) is 0 Å². The van der Waals surface area contributed by atoms with E-state index in [0.29, 0.717) is 0 Å². The van der Waals surface area contributed by atoms with Crippen LogP contribution in [0.4, 0.5) is 0 Å². The van der Waals surface area contributed by atoms with Crippen molar-refractivity contribution in [1.29, 1.82) is 0 Å². The third kappa shape index (κ3) is 1.84. The Kier molecular flexibility index (Phi) is 2.92. The fourth-order valence-electron chi connectivity index (χ4n) is 1.62. The Morgan fingerprint density at radius 1 is 1.33 bits per heavy atom. The van der Waals surface area contributed by atoms with Gasteiger partial charge in [0.1, 0.15) is 24.5 Å². The third-order valence-corrected chi connectivity index (χ3v) is 2.44. The molecule has 2 heterocycles. The van der Waals surface area contributed by atoms with Crippen LogP contribution in [0.5, 0.6) is 0 Å². The van der Waals surface area contributed by atoms with E-state index in [9.17, 15) is 10.2 Å². The van der Waals surface area contributed by atoms with Crippen molar-refractivity contribution >= 4 is 0 Å². The average Bonchev–Trinajstić information content (AvgIpc) is 2.57. The lowest BCUT2D eigenvalue weighted by Gasteiger charge is -2.11. The predicted molar refractivity (Wildman–Crippen MR) is 47.4 cm³/mol. The molecule has 1 aliphatic heterocycles. The van der Waals surface area contributed by atoms with Crippen molar-refractivity contribution in [3.05, 3.63) is 24.8 Å². The summed E-state index contributed by atoms with van der Waals surface area (Å²) in [6.07, 6.45) is 1.17. The number of aliphatic hydroxyl groups excluding tert-OH is 3. The first kappa shape index (κ1) is 10.4. The molecule has 2 rings (SSSR count). The minimum atomic E-state index is -1.08. The molecular weight excluding hydrogens is 200 g/mol. The summed E-state index contributed by atoms with van der Waals surface area (Å²) in [6, 6.07) is 1.69. The van der Waals surface area contributed by atoms with Gasteiger partial charge >= 0.3 is 0 Å². The van der Waals surface area contributed by atoms with Gasteiger partial charge in [-0.1, -0.05) is 4.98 Å². The third-order valence-electron chi connectivity index (χ3n) is 2.44. The van der Waals surface area contributed by atoms with Crippen molar-refractivity contribution in [3.8, 4) is 0 Å². The van der Waals surface area contributed by atoms with E-state index in [1.165, 1.54) is 6.33 Å². The maximum Gasteiger partial charge on any atom is 0.288 e. The number of hydrogen-bond acceptors (Lipinski definition) is 5. The highest BCUT2D eigenvalue weighted by molar-refractivity contribution is 4.84. The highest BCUT2D eigenvalue weighted by atomic mass is 16.6. The van der Waals surface area contributed by atoms with Crippen LogP contribution in [0, 0.1) is 0 Å². The largest absolute Gasteiger partial charge is 0.394 e. The van der Waals surface area contributed by atoms with Gasteiger partial charge in [0.15, 0.2) is 0 Å². The van der Waals surface area contributed by atoms with Crippen molar-refractivity contribution in [2.75, 3.05) is 6.61 Å². The van der Waals surface area contributed by atoms with E-state index in [1.807, 2.05) is 0 Å². The number of ether oxygens (including phenoxy) is 1. The lowest BCUT2D eigenvalue weighted by Crippen LogP contribution is -2.46. The Bertz CT molecular complexity index is 321. The Morgan fingerprint density at radius 2 is 2.13 bits per heavy atom. The van der Waals surface area contributed by atoms with Crippen LogP contribution in [0.3, 0.4) is 0 Å². The van der Waals surface area contributed by atoms with Gasteiger partial charge in [0, 0.05) is 6.07 Å². The van der Waals surface area contributed by atoms with Crippen LogP contribution in [-0.2, 0) is 4.74 Å². The molecule has 0 aliphatic carbocycles. The minimum absolute atomic E-state index is 0.324. The van der Waals surface area contributed by atoms with Crippen molar-refractivity contribution in [1.82, 2.24) is 4.98 Å². The van der Waals surface area contributed by atoms with Crippen LogP contribution in [0.1, 0.15) is 6.23 Å². The summed E-state index contributed by atoms with van der Waals surface area (Å²) in [5, 5.41) is 28.1. The molecule has 1 fully saturated rings. The molecule has 1 aromatic rings. The molecule has 0 aromatic carbocycles. The van der Waals surface area contributed by atoms with Gasteiger partial charge in [0.25, 0.3) is 6.33 Å². The summed E-state index contributed by atoms with van der Waals surface area (Å²) >= 11 is 0. The summed E-state index contributed by atoms with van der Waals surface area (Å²) in [4.78, 5) is 3.87. The molecule has 0 spiro atoms. The fraction of sp³-hybridized carbons (Fsp3) is 0.556. The maximum atomic E-state index is 9.68. The molecule has 0 amide bonds. The van der Waals surface area contributed by atoms with Gasteiger partial charge in [-0.3, -0.25) is 0 Å². The molecule has 0 radical (unpaired) electrons. The Morgan fingerprint density at radius 3 is 2.67 bits per heavy atom. The number of rotatable bonds is 2. The lowest BCUT2D eigenvalue weighted by atomic mass is 10.1.